The standard InChI is InChI=1S/C17H32N4/c1-14-11-16(21(7)10-8-9-20(5)6)15(12-18-14)13-19-17(2,3)4/h11-12,19H,8-10,13H2,1-7H3. The topological polar surface area (TPSA) is 31.4 Å². The van der Waals surface area contributed by atoms with Crippen LogP contribution >= 0.6 is 0 Å². The minimum absolute atomic E-state index is 0.117. The molecular formula is C17H32N4. The first-order chi connectivity index (χ1) is 9.69. The average molecular weight is 292 g/mol. The second-order valence-corrected chi connectivity index (χ2v) is 7.14. The summed E-state index contributed by atoms with van der Waals surface area (Å²) in [5.41, 5.74) is 3.75. The molecule has 0 amide bonds. The molecule has 0 atom stereocenters. The zero-order valence-corrected chi connectivity index (χ0v) is 14.8. The van der Waals surface area contributed by atoms with Crippen molar-refractivity contribution in [3.63, 3.8) is 0 Å². The number of pyridine rings is 1. The summed E-state index contributed by atoms with van der Waals surface area (Å²) in [6.45, 7) is 11.6. The van der Waals surface area contributed by atoms with Crippen molar-refractivity contribution < 1.29 is 0 Å². The van der Waals surface area contributed by atoms with E-state index in [1.165, 1.54) is 11.3 Å². The van der Waals surface area contributed by atoms with Gasteiger partial charge in [0.2, 0.25) is 0 Å². The number of hydrogen-bond acceptors (Lipinski definition) is 4. The molecule has 21 heavy (non-hydrogen) atoms. The largest absolute Gasteiger partial charge is 0.374 e. The lowest BCUT2D eigenvalue weighted by Crippen LogP contribution is -2.35. The van der Waals surface area contributed by atoms with Crippen LogP contribution in [0.15, 0.2) is 12.3 Å². The average Bonchev–Trinajstić information content (AvgIpc) is 2.35. The molecule has 1 aromatic rings. The molecule has 1 N–H and O–H groups in total. The van der Waals surface area contributed by atoms with E-state index in [9.17, 15) is 0 Å². The molecule has 1 rings (SSSR count). The van der Waals surface area contributed by atoms with E-state index in [0.717, 1.165) is 31.7 Å². The van der Waals surface area contributed by atoms with Crippen LogP contribution < -0.4 is 10.2 Å². The van der Waals surface area contributed by atoms with Crippen LogP contribution in [0.1, 0.15) is 38.4 Å². The molecule has 0 fully saturated rings. The van der Waals surface area contributed by atoms with Crippen LogP contribution in [0, 0.1) is 6.92 Å². The summed E-state index contributed by atoms with van der Waals surface area (Å²) >= 11 is 0. The summed E-state index contributed by atoms with van der Waals surface area (Å²) in [6, 6.07) is 2.19. The second-order valence-electron chi connectivity index (χ2n) is 7.14. The van der Waals surface area contributed by atoms with Crippen molar-refractivity contribution in [2.24, 2.45) is 0 Å². The molecule has 120 valence electrons. The van der Waals surface area contributed by atoms with E-state index in [2.05, 4.69) is 75.0 Å². The molecule has 1 aromatic heterocycles. The lowest BCUT2D eigenvalue weighted by molar-refractivity contribution is 0.401. The molecule has 0 radical (unpaired) electrons. The highest BCUT2D eigenvalue weighted by molar-refractivity contribution is 5.53. The van der Waals surface area contributed by atoms with Crippen molar-refractivity contribution in [3.05, 3.63) is 23.5 Å². The fourth-order valence-electron chi connectivity index (χ4n) is 2.17. The van der Waals surface area contributed by atoms with Gasteiger partial charge in [-0.1, -0.05) is 0 Å². The van der Waals surface area contributed by atoms with E-state index in [4.69, 9.17) is 0 Å². The van der Waals surface area contributed by atoms with Gasteiger partial charge in [0.05, 0.1) is 0 Å². The molecule has 4 heteroatoms. The molecule has 0 saturated heterocycles. The molecule has 0 unspecified atom stereocenters. The van der Waals surface area contributed by atoms with Gasteiger partial charge >= 0.3 is 0 Å². The zero-order chi connectivity index (χ0) is 16.0. The van der Waals surface area contributed by atoms with E-state index in [1.807, 2.05) is 6.20 Å². The maximum absolute atomic E-state index is 4.46. The molecule has 0 aliphatic carbocycles. The summed E-state index contributed by atoms with van der Waals surface area (Å²) in [4.78, 5) is 9.03. The number of anilines is 1. The summed E-state index contributed by atoms with van der Waals surface area (Å²) in [5.74, 6) is 0. The molecule has 1 heterocycles. The van der Waals surface area contributed by atoms with Crippen molar-refractivity contribution in [1.29, 1.82) is 0 Å². The Kier molecular flexibility index (Phi) is 6.62. The summed E-state index contributed by atoms with van der Waals surface area (Å²) in [6.07, 6.45) is 3.17. The van der Waals surface area contributed by atoms with Crippen LogP contribution in [0.3, 0.4) is 0 Å². The van der Waals surface area contributed by atoms with Crippen molar-refractivity contribution in [2.45, 2.75) is 46.2 Å². The van der Waals surface area contributed by atoms with E-state index in [1.54, 1.807) is 0 Å². The Morgan fingerprint density at radius 3 is 2.38 bits per heavy atom. The Hall–Kier alpha value is -1.13. The number of aromatic nitrogens is 1. The normalized spacial score (nSPS) is 12.0. The van der Waals surface area contributed by atoms with Gasteiger partial charge in [0.15, 0.2) is 0 Å². The Morgan fingerprint density at radius 1 is 1.14 bits per heavy atom. The third-order valence-corrected chi connectivity index (χ3v) is 3.42. The molecule has 0 saturated carbocycles. The van der Waals surface area contributed by atoms with Crippen molar-refractivity contribution in [3.8, 4) is 0 Å². The van der Waals surface area contributed by atoms with E-state index < -0.39 is 0 Å². The fraction of sp³-hybridized carbons (Fsp3) is 0.706. The predicted molar refractivity (Wildman–Crippen MR) is 92.0 cm³/mol. The van der Waals surface area contributed by atoms with Gasteiger partial charge in [-0.2, -0.15) is 0 Å². The number of aryl methyl sites for hydroxylation is 1. The quantitative estimate of drug-likeness (QED) is 0.837. The molecule has 0 bridgehead atoms. The molecule has 0 spiro atoms. The van der Waals surface area contributed by atoms with Gasteiger partial charge in [0.25, 0.3) is 0 Å². The monoisotopic (exact) mass is 292 g/mol. The second kappa shape index (κ2) is 7.76. The van der Waals surface area contributed by atoms with Crippen LogP contribution in [0.4, 0.5) is 5.69 Å². The summed E-state index contributed by atoms with van der Waals surface area (Å²) in [5, 5.41) is 3.55. The molecule has 0 aliphatic heterocycles. The van der Waals surface area contributed by atoms with E-state index >= 15 is 0 Å². The first-order valence-electron chi connectivity index (χ1n) is 7.75. The first kappa shape index (κ1) is 17.9. The highest BCUT2D eigenvalue weighted by Crippen LogP contribution is 2.20. The maximum atomic E-state index is 4.46. The molecule has 0 aromatic carbocycles. The number of nitrogens with zero attached hydrogens (tertiary/aromatic N) is 3. The molecular weight excluding hydrogens is 260 g/mol. The van der Waals surface area contributed by atoms with Crippen LogP contribution in [0.5, 0.6) is 0 Å². The van der Waals surface area contributed by atoms with Crippen molar-refractivity contribution in [2.75, 3.05) is 39.1 Å². The third kappa shape index (κ3) is 6.91. The molecule has 4 nitrogen and oxygen atoms in total. The van der Waals surface area contributed by atoms with Crippen LogP contribution in [0.2, 0.25) is 0 Å². The smallest absolute Gasteiger partial charge is 0.0442 e. The highest BCUT2D eigenvalue weighted by Gasteiger charge is 2.13. The summed E-state index contributed by atoms with van der Waals surface area (Å²) < 4.78 is 0. The van der Waals surface area contributed by atoms with Crippen LogP contribution in [0.25, 0.3) is 0 Å². The molecule has 0 aliphatic rings. The lowest BCUT2D eigenvalue weighted by Gasteiger charge is -2.26. The van der Waals surface area contributed by atoms with Crippen molar-refractivity contribution >= 4 is 5.69 Å². The van der Waals surface area contributed by atoms with E-state index in [0.29, 0.717) is 0 Å². The van der Waals surface area contributed by atoms with Gasteiger partial charge in [0, 0.05) is 48.8 Å². The Balaban J connectivity index is 2.76. The minimum Gasteiger partial charge on any atom is -0.374 e. The van der Waals surface area contributed by atoms with Gasteiger partial charge in [-0.3, -0.25) is 4.98 Å². The van der Waals surface area contributed by atoms with E-state index in [-0.39, 0.29) is 5.54 Å². The van der Waals surface area contributed by atoms with Gasteiger partial charge in [-0.15, -0.1) is 0 Å². The third-order valence-electron chi connectivity index (χ3n) is 3.42. The van der Waals surface area contributed by atoms with Crippen LogP contribution in [-0.4, -0.2) is 49.7 Å². The first-order valence-corrected chi connectivity index (χ1v) is 7.75. The number of rotatable bonds is 7. The SMILES string of the molecule is Cc1cc(N(C)CCCN(C)C)c(CNC(C)(C)C)cn1. The van der Waals surface area contributed by atoms with Crippen molar-refractivity contribution in [1.82, 2.24) is 15.2 Å². The lowest BCUT2D eigenvalue weighted by atomic mass is 10.1. The number of nitrogens with one attached hydrogen (secondary N) is 1. The Morgan fingerprint density at radius 2 is 1.81 bits per heavy atom. The zero-order valence-electron chi connectivity index (χ0n) is 14.8. The van der Waals surface area contributed by atoms with Gasteiger partial charge in [0.1, 0.15) is 0 Å². The highest BCUT2D eigenvalue weighted by atomic mass is 15.1. The van der Waals surface area contributed by atoms with Gasteiger partial charge < -0.3 is 15.1 Å². The fourth-order valence-corrected chi connectivity index (χ4v) is 2.17. The maximum Gasteiger partial charge on any atom is 0.0442 e. The number of hydrogen-bond donors (Lipinski definition) is 1. The summed E-state index contributed by atoms with van der Waals surface area (Å²) in [7, 11) is 6.41. The Bertz CT molecular complexity index is 435. The van der Waals surface area contributed by atoms with Gasteiger partial charge in [-0.05, 0) is 60.8 Å². The van der Waals surface area contributed by atoms with Crippen LogP contribution in [-0.2, 0) is 6.54 Å². The predicted octanol–water partition coefficient (Wildman–Crippen LogP) is 2.67. The Labute approximate surface area is 130 Å². The van der Waals surface area contributed by atoms with Gasteiger partial charge in [-0.25, -0.2) is 0 Å². The minimum atomic E-state index is 0.117.